The maximum absolute atomic E-state index is 12.0. The Balaban J connectivity index is 2.33. The van der Waals surface area contributed by atoms with Gasteiger partial charge in [-0.3, -0.25) is 19.9 Å². The van der Waals surface area contributed by atoms with Crippen molar-refractivity contribution in [1.29, 1.82) is 0 Å². The van der Waals surface area contributed by atoms with E-state index >= 15 is 0 Å². The highest BCUT2D eigenvalue weighted by Crippen LogP contribution is 2.30. The molecular formula is C12H10BrN5O3. The third kappa shape index (κ3) is 3.31. The highest BCUT2D eigenvalue weighted by Gasteiger charge is 2.17. The van der Waals surface area contributed by atoms with Gasteiger partial charge in [0.1, 0.15) is 11.5 Å². The van der Waals surface area contributed by atoms with Crippen LogP contribution in [0.5, 0.6) is 0 Å². The van der Waals surface area contributed by atoms with Gasteiger partial charge in [0.25, 0.3) is 11.6 Å². The first-order valence-electron chi connectivity index (χ1n) is 5.72. The summed E-state index contributed by atoms with van der Waals surface area (Å²) in [5.74, 6) is -0.453. The van der Waals surface area contributed by atoms with Crippen molar-refractivity contribution in [3.8, 4) is 0 Å². The number of amides is 1. The fourth-order valence-electron chi connectivity index (χ4n) is 1.63. The molecule has 0 saturated carbocycles. The summed E-state index contributed by atoms with van der Waals surface area (Å²) in [6.45, 7) is 1.61. The van der Waals surface area contributed by atoms with Gasteiger partial charge in [-0.1, -0.05) is 0 Å². The van der Waals surface area contributed by atoms with Crippen LogP contribution in [-0.4, -0.2) is 20.8 Å². The van der Waals surface area contributed by atoms with Crippen molar-refractivity contribution in [2.75, 3.05) is 11.1 Å². The Morgan fingerprint density at radius 2 is 2.14 bits per heavy atom. The molecule has 0 atom stereocenters. The fourth-order valence-corrected chi connectivity index (χ4v) is 2.19. The number of rotatable bonds is 3. The number of nitrogens with zero attached hydrogens (tertiary/aromatic N) is 3. The molecule has 0 bridgehead atoms. The van der Waals surface area contributed by atoms with E-state index in [0.717, 1.165) is 0 Å². The quantitative estimate of drug-likeness (QED) is 0.645. The molecule has 0 radical (unpaired) electrons. The number of carbonyl (C=O) groups excluding carboxylic acids is 1. The van der Waals surface area contributed by atoms with E-state index in [2.05, 4.69) is 31.2 Å². The standard InChI is InChI=1S/C12H10BrN5O3/c1-6-2-7(13)8(3-10(6)18(20)21)17-12(19)9-4-15-5-11(14)16-9/h2-5H,1H3,(H2,14,16)(H,17,19). The van der Waals surface area contributed by atoms with Gasteiger partial charge < -0.3 is 11.1 Å². The molecule has 1 aromatic heterocycles. The molecule has 8 nitrogen and oxygen atoms in total. The number of aromatic nitrogens is 2. The van der Waals surface area contributed by atoms with Crippen molar-refractivity contribution in [2.45, 2.75) is 6.92 Å². The molecule has 2 rings (SSSR count). The van der Waals surface area contributed by atoms with Crippen LogP contribution in [0.15, 0.2) is 29.0 Å². The molecule has 0 saturated heterocycles. The first kappa shape index (κ1) is 14.9. The average molecular weight is 352 g/mol. The van der Waals surface area contributed by atoms with Gasteiger partial charge in [-0.15, -0.1) is 0 Å². The normalized spacial score (nSPS) is 10.2. The van der Waals surface area contributed by atoms with Gasteiger partial charge in [-0.2, -0.15) is 0 Å². The second-order valence-electron chi connectivity index (χ2n) is 4.16. The minimum atomic E-state index is -0.561. The molecule has 108 valence electrons. The number of aryl methyl sites for hydroxylation is 1. The molecule has 1 aromatic carbocycles. The van der Waals surface area contributed by atoms with Crippen LogP contribution < -0.4 is 11.1 Å². The molecule has 0 aliphatic rings. The Bertz CT molecular complexity index is 735. The van der Waals surface area contributed by atoms with E-state index in [4.69, 9.17) is 5.73 Å². The molecule has 0 fully saturated rings. The first-order valence-corrected chi connectivity index (χ1v) is 6.51. The number of halogens is 1. The number of nitrogen functional groups attached to an aromatic ring is 1. The second kappa shape index (κ2) is 5.83. The molecule has 3 N–H and O–H groups in total. The largest absolute Gasteiger partial charge is 0.382 e. The van der Waals surface area contributed by atoms with Gasteiger partial charge in [-0.25, -0.2) is 4.98 Å². The van der Waals surface area contributed by atoms with Crippen LogP contribution in [0.2, 0.25) is 0 Å². The van der Waals surface area contributed by atoms with Crippen molar-refractivity contribution in [3.05, 3.63) is 50.4 Å². The minimum Gasteiger partial charge on any atom is -0.382 e. The van der Waals surface area contributed by atoms with Gasteiger partial charge in [0.15, 0.2) is 0 Å². The van der Waals surface area contributed by atoms with Gasteiger partial charge in [0.2, 0.25) is 0 Å². The highest BCUT2D eigenvalue weighted by atomic mass is 79.9. The molecule has 0 aliphatic heterocycles. The molecule has 0 aliphatic carbocycles. The molecule has 1 amide bonds. The summed E-state index contributed by atoms with van der Waals surface area (Å²) in [5.41, 5.74) is 6.12. The lowest BCUT2D eigenvalue weighted by Gasteiger charge is -2.08. The van der Waals surface area contributed by atoms with Gasteiger partial charge in [0, 0.05) is 16.1 Å². The number of nitrogens with one attached hydrogen (secondary N) is 1. The van der Waals surface area contributed by atoms with E-state index in [9.17, 15) is 14.9 Å². The number of carbonyl (C=O) groups is 1. The average Bonchev–Trinajstić information content (AvgIpc) is 2.41. The molecule has 9 heteroatoms. The Morgan fingerprint density at radius 1 is 1.43 bits per heavy atom. The van der Waals surface area contributed by atoms with Crippen LogP contribution in [0.3, 0.4) is 0 Å². The summed E-state index contributed by atoms with van der Waals surface area (Å²) in [5, 5.41) is 13.5. The topological polar surface area (TPSA) is 124 Å². The fraction of sp³-hybridized carbons (Fsp3) is 0.0833. The number of hydrogen-bond donors (Lipinski definition) is 2. The van der Waals surface area contributed by atoms with Crippen molar-refractivity contribution >= 4 is 39.0 Å². The van der Waals surface area contributed by atoms with Crippen LogP contribution >= 0.6 is 15.9 Å². The number of benzene rings is 1. The number of nitro groups is 1. The maximum Gasteiger partial charge on any atom is 0.275 e. The highest BCUT2D eigenvalue weighted by molar-refractivity contribution is 9.10. The molecule has 0 unspecified atom stereocenters. The predicted molar refractivity (Wildman–Crippen MR) is 79.9 cm³/mol. The lowest BCUT2D eigenvalue weighted by molar-refractivity contribution is -0.385. The summed E-state index contributed by atoms with van der Waals surface area (Å²) in [6, 6.07) is 2.83. The summed E-state index contributed by atoms with van der Waals surface area (Å²) in [4.78, 5) is 30.0. The summed E-state index contributed by atoms with van der Waals surface area (Å²) in [7, 11) is 0. The molecular weight excluding hydrogens is 342 g/mol. The van der Waals surface area contributed by atoms with Crippen LogP contribution in [0, 0.1) is 17.0 Å². The zero-order valence-electron chi connectivity index (χ0n) is 10.8. The van der Waals surface area contributed by atoms with E-state index in [1.165, 1.54) is 18.5 Å². The van der Waals surface area contributed by atoms with Crippen molar-refractivity contribution in [2.24, 2.45) is 0 Å². The minimum absolute atomic E-state index is 0.0186. The number of nitrogens with two attached hydrogens (primary N) is 1. The SMILES string of the molecule is Cc1cc(Br)c(NC(=O)c2cncc(N)n2)cc1[N+](=O)[O-]. The Morgan fingerprint density at radius 3 is 2.76 bits per heavy atom. The van der Waals surface area contributed by atoms with Crippen molar-refractivity contribution < 1.29 is 9.72 Å². The molecule has 21 heavy (non-hydrogen) atoms. The summed E-state index contributed by atoms with van der Waals surface area (Å²) < 4.78 is 0.524. The van der Waals surface area contributed by atoms with E-state index in [1.807, 2.05) is 0 Å². The van der Waals surface area contributed by atoms with Crippen molar-refractivity contribution in [1.82, 2.24) is 9.97 Å². The summed E-state index contributed by atoms with van der Waals surface area (Å²) in [6.07, 6.45) is 2.56. The molecule has 0 spiro atoms. The van der Waals surface area contributed by atoms with E-state index in [0.29, 0.717) is 10.0 Å². The molecule has 2 aromatic rings. The Labute approximate surface area is 127 Å². The molecule has 1 heterocycles. The van der Waals surface area contributed by atoms with Crippen LogP contribution in [0.1, 0.15) is 16.1 Å². The number of nitro benzene ring substituents is 1. The van der Waals surface area contributed by atoms with E-state index in [1.54, 1.807) is 13.0 Å². The van der Waals surface area contributed by atoms with E-state index in [-0.39, 0.29) is 22.9 Å². The zero-order valence-corrected chi connectivity index (χ0v) is 12.4. The van der Waals surface area contributed by atoms with Gasteiger partial charge >= 0.3 is 0 Å². The lowest BCUT2D eigenvalue weighted by atomic mass is 10.2. The maximum atomic E-state index is 12.0. The second-order valence-corrected chi connectivity index (χ2v) is 5.01. The van der Waals surface area contributed by atoms with Gasteiger partial charge in [0.05, 0.1) is 23.0 Å². The van der Waals surface area contributed by atoms with Gasteiger partial charge in [-0.05, 0) is 28.9 Å². The van der Waals surface area contributed by atoms with Crippen LogP contribution in [-0.2, 0) is 0 Å². The van der Waals surface area contributed by atoms with Crippen molar-refractivity contribution in [3.63, 3.8) is 0 Å². The first-order chi connectivity index (χ1) is 9.88. The monoisotopic (exact) mass is 351 g/mol. The van der Waals surface area contributed by atoms with Crippen LogP contribution in [0.4, 0.5) is 17.2 Å². The third-order valence-corrected chi connectivity index (χ3v) is 3.27. The smallest absolute Gasteiger partial charge is 0.275 e. The number of anilines is 2. The van der Waals surface area contributed by atoms with E-state index < -0.39 is 10.8 Å². The Kier molecular flexibility index (Phi) is 4.13. The lowest BCUT2D eigenvalue weighted by Crippen LogP contribution is -2.15. The third-order valence-electron chi connectivity index (χ3n) is 2.62. The Hall–Kier alpha value is -2.55. The summed E-state index contributed by atoms with van der Waals surface area (Å²) >= 11 is 3.25. The zero-order chi connectivity index (χ0) is 15.6. The number of hydrogen-bond acceptors (Lipinski definition) is 6. The predicted octanol–water partition coefficient (Wildman–Crippen LogP) is 2.29. The van der Waals surface area contributed by atoms with Crippen LogP contribution in [0.25, 0.3) is 0 Å².